The fourth-order valence-electron chi connectivity index (χ4n) is 2.89. The Morgan fingerprint density at radius 1 is 1.38 bits per heavy atom. The lowest BCUT2D eigenvalue weighted by Crippen LogP contribution is -2.14. The van der Waals surface area contributed by atoms with E-state index in [0.717, 1.165) is 28.1 Å². The van der Waals surface area contributed by atoms with Gasteiger partial charge in [-0.3, -0.25) is 4.79 Å². The molecule has 0 fully saturated rings. The summed E-state index contributed by atoms with van der Waals surface area (Å²) in [7, 11) is 1.40. The molecule has 24 heavy (non-hydrogen) atoms. The zero-order chi connectivity index (χ0) is 17.9. The number of rotatable bonds is 4. The summed E-state index contributed by atoms with van der Waals surface area (Å²) < 4.78 is 4.73. The molecule has 0 aromatic heterocycles. The zero-order valence-electron chi connectivity index (χ0n) is 14.7. The molecule has 0 radical (unpaired) electrons. The molecule has 0 aliphatic heterocycles. The van der Waals surface area contributed by atoms with Gasteiger partial charge in [0.05, 0.1) is 7.11 Å². The van der Waals surface area contributed by atoms with Gasteiger partial charge in [-0.2, -0.15) is 0 Å². The molecule has 1 aromatic rings. The summed E-state index contributed by atoms with van der Waals surface area (Å²) in [6.45, 7) is 6.22. The lowest BCUT2D eigenvalue weighted by atomic mass is 9.80. The number of ether oxygens (including phenoxy) is 1. The van der Waals surface area contributed by atoms with Gasteiger partial charge in [0, 0.05) is 22.9 Å². The molecule has 130 valence electrons. The van der Waals surface area contributed by atoms with Crippen LogP contribution in [0, 0.1) is 0 Å². The van der Waals surface area contributed by atoms with Gasteiger partial charge in [-0.25, -0.2) is 0 Å². The number of phenols is 1. The topological polar surface area (TPSA) is 46.5 Å². The summed E-state index contributed by atoms with van der Waals surface area (Å²) in [5.41, 5.74) is 2.63. The van der Waals surface area contributed by atoms with Crippen molar-refractivity contribution in [3.63, 3.8) is 0 Å². The second-order valence-electron chi connectivity index (χ2n) is 7.20. The highest BCUT2D eigenvalue weighted by Crippen LogP contribution is 2.40. The molecule has 1 atom stereocenters. The quantitative estimate of drug-likeness (QED) is 0.782. The van der Waals surface area contributed by atoms with E-state index in [1.54, 1.807) is 0 Å². The van der Waals surface area contributed by atoms with Crippen LogP contribution in [0.25, 0.3) is 0 Å². The predicted octanol–water partition coefficient (Wildman–Crippen LogP) is 4.96. The first-order chi connectivity index (χ1) is 11.2. The maximum atomic E-state index is 11.5. The second kappa shape index (κ2) is 7.43. The first-order valence-electron chi connectivity index (χ1n) is 8.19. The fraction of sp³-hybridized carbons (Fsp3) is 0.450. The molecule has 0 amide bonds. The van der Waals surface area contributed by atoms with Gasteiger partial charge in [-0.1, -0.05) is 56.7 Å². The van der Waals surface area contributed by atoms with E-state index in [9.17, 15) is 9.90 Å². The number of carbonyl (C=O) groups excluding carboxylic acids is 1. The fourth-order valence-corrected chi connectivity index (χ4v) is 3.05. The van der Waals surface area contributed by atoms with Crippen LogP contribution in [0.2, 0.25) is 0 Å². The van der Waals surface area contributed by atoms with E-state index in [-0.39, 0.29) is 17.3 Å². The van der Waals surface area contributed by atoms with E-state index in [2.05, 4.69) is 20.8 Å². The lowest BCUT2D eigenvalue weighted by molar-refractivity contribution is -0.140. The van der Waals surface area contributed by atoms with Crippen molar-refractivity contribution in [1.29, 1.82) is 0 Å². The minimum atomic E-state index is -0.228. The minimum absolute atomic E-state index is 0.0895. The molecule has 0 bridgehead atoms. The molecule has 2 rings (SSSR count). The van der Waals surface area contributed by atoms with Crippen LogP contribution in [0.5, 0.6) is 5.75 Å². The number of hydrogen-bond acceptors (Lipinski definition) is 3. The number of esters is 1. The monoisotopic (exact) mass is 348 g/mol. The van der Waals surface area contributed by atoms with Gasteiger partial charge in [0.25, 0.3) is 0 Å². The third-order valence-corrected chi connectivity index (χ3v) is 4.59. The van der Waals surface area contributed by atoms with Crippen LogP contribution in [0.1, 0.15) is 56.2 Å². The van der Waals surface area contributed by atoms with Crippen molar-refractivity contribution in [2.75, 3.05) is 7.11 Å². The molecule has 1 aliphatic carbocycles. The van der Waals surface area contributed by atoms with E-state index in [1.165, 1.54) is 7.11 Å². The van der Waals surface area contributed by atoms with Crippen LogP contribution in [-0.4, -0.2) is 18.2 Å². The van der Waals surface area contributed by atoms with Crippen molar-refractivity contribution >= 4 is 17.6 Å². The third-order valence-electron chi connectivity index (χ3n) is 4.31. The molecule has 0 saturated carbocycles. The Morgan fingerprint density at radius 2 is 2.08 bits per heavy atom. The van der Waals surface area contributed by atoms with Crippen molar-refractivity contribution < 1.29 is 14.6 Å². The smallest absolute Gasteiger partial charge is 0.305 e. The molecular formula is C20H25ClO3. The minimum Gasteiger partial charge on any atom is -0.507 e. The van der Waals surface area contributed by atoms with Crippen molar-refractivity contribution in [2.45, 2.75) is 51.4 Å². The van der Waals surface area contributed by atoms with Crippen LogP contribution in [0.15, 0.2) is 35.4 Å². The molecule has 0 saturated heterocycles. The SMILES string of the molecule is COC(=O)CCc1cc(C2C=CC(Cl)=CC2)c(O)c(C(C)(C)C)c1. The molecule has 4 heteroatoms. The molecule has 1 aliphatic rings. The average molecular weight is 349 g/mol. The maximum absolute atomic E-state index is 11.5. The van der Waals surface area contributed by atoms with Gasteiger partial charge in [0.1, 0.15) is 5.75 Å². The number of benzene rings is 1. The number of methoxy groups -OCH3 is 1. The Kier molecular flexibility index (Phi) is 5.76. The zero-order valence-corrected chi connectivity index (χ0v) is 15.5. The molecule has 1 unspecified atom stereocenters. The van der Waals surface area contributed by atoms with Gasteiger partial charge in [0.15, 0.2) is 0 Å². The van der Waals surface area contributed by atoms with Gasteiger partial charge < -0.3 is 9.84 Å². The Balaban J connectivity index is 2.41. The van der Waals surface area contributed by atoms with Crippen molar-refractivity contribution in [2.24, 2.45) is 0 Å². The number of carbonyl (C=O) groups is 1. The predicted molar refractivity (Wildman–Crippen MR) is 97.6 cm³/mol. The number of aromatic hydroxyl groups is 1. The van der Waals surface area contributed by atoms with Gasteiger partial charge >= 0.3 is 5.97 Å². The third kappa shape index (κ3) is 4.41. The summed E-state index contributed by atoms with van der Waals surface area (Å²) in [5, 5.41) is 11.5. The van der Waals surface area contributed by atoms with Gasteiger partial charge in [-0.05, 0) is 35.5 Å². The molecule has 0 spiro atoms. The average Bonchev–Trinajstić information content (AvgIpc) is 2.53. The standard InChI is InChI=1S/C20H25ClO3/c1-20(2,3)17-12-13(5-10-18(22)24-4)11-16(19(17)23)14-6-8-15(21)9-7-14/h6,8-9,11-12,14,23H,5,7,10H2,1-4H3. The lowest BCUT2D eigenvalue weighted by Gasteiger charge is -2.26. The second-order valence-corrected chi connectivity index (χ2v) is 7.63. The first-order valence-corrected chi connectivity index (χ1v) is 8.57. The van der Waals surface area contributed by atoms with Crippen LogP contribution in [-0.2, 0) is 21.4 Å². The molecule has 0 heterocycles. The Labute approximate surface area is 149 Å². The van der Waals surface area contributed by atoms with Crippen LogP contribution in [0.4, 0.5) is 0 Å². The molecule has 1 N–H and O–H groups in total. The van der Waals surface area contributed by atoms with Gasteiger partial charge in [-0.15, -0.1) is 0 Å². The summed E-state index contributed by atoms with van der Waals surface area (Å²) in [5.74, 6) is 0.200. The molecular weight excluding hydrogens is 324 g/mol. The maximum Gasteiger partial charge on any atom is 0.305 e. The molecule has 1 aromatic carbocycles. The van der Waals surface area contributed by atoms with Gasteiger partial charge in [0.2, 0.25) is 0 Å². The number of aryl methyl sites for hydroxylation is 1. The summed E-state index contributed by atoms with van der Waals surface area (Å²) in [6, 6.07) is 3.99. The van der Waals surface area contributed by atoms with Crippen molar-refractivity contribution in [3.8, 4) is 5.75 Å². The highest BCUT2D eigenvalue weighted by molar-refractivity contribution is 6.31. The van der Waals surface area contributed by atoms with E-state index in [0.29, 0.717) is 18.6 Å². The largest absolute Gasteiger partial charge is 0.507 e. The van der Waals surface area contributed by atoms with Crippen molar-refractivity contribution in [3.05, 3.63) is 52.1 Å². The van der Waals surface area contributed by atoms with Crippen LogP contribution < -0.4 is 0 Å². The van der Waals surface area contributed by atoms with Crippen LogP contribution in [0.3, 0.4) is 0 Å². The Morgan fingerprint density at radius 3 is 2.62 bits per heavy atom. The number of allylic oxidation sites excluding steroid dienone is 4. The highest BCUT2D eigenvalue weighted by atomic mass is 35.5. The van der Waals surface area contributed by atoms with Crippen LogP contribution >= 0.6 is 11.6 Å². The van der Waals surface area contributed by atoms with E-state index in [4.69, 9.17) is 16.3 Å². The Hall–Kier alpha value is -1.74. The highest BCUT2D eigenvalue weighted by Gasteiger charge is 2.24. The summed E-state index contributed by atoms with van der Waals surface area (Å²) in [6.07, 6.45) is 7.53. The Bertz CT molecular complexity index is 681. The van der Waals surface area contributed by atoms with E-state index in [1.807, 2.05) is 30.4 Å². The normalized spacial score (nSPS) is 17.5. The number of halogens is 1. The summed E-state index contributed by atoms with van der Waals surface area (Å²) in [4.78, 5) is 11.5. The first kappa shape index (κ1) is 18.6. The number of phenolic OH excluding ortho intramolecular Hbond substituents is 1. The van der Waals surface area contributed by atoms with E-state index >= 15 is 0 Å². The number of hydrogen-bond donors (Lipinski definition) is 1. The summed E-state index contributed by atoms with van der Waals surface area (Å²) >= 11 is 6.01. The van der Waals surface area contributed by atoms with Crippen molar-refractivity contribution in [1.82, 2.24) is 0 Å². The molecule has 3 nitrogen and oxygen atoms in total. The van der Waals surface area contributed by atoms with E-state index < -0.39 is 0 Å².